The molecule has 0 bridgehead atoms. The molecule has 4 heteroatoms. The standard InChI is InChI=1S/C7H12O4/c1-3-4-11-7(10)6(9)5(2)8/h6,9H,3-4H2,1-2H3. The number of hydrogen-bond acceptors (Lipinski definition) is 4. The Morgan fingerprint density at radius 3 is 2.45 bits per heavy atom. The highest BCUT2D eigenvalue weighted by Crippen LogP contribution is 1.91. The molecule has 0 amide bonds. The zero-order chi connectivity index (χ0) is 8.85. The third kappa shape index (κ3) is 3.72. The Labute approximate surface area is 65.2 Å². The van der Waals surface area contributed by atoms with Crippen LogP contribution >= 0.6 is 0 Å². The van der Waals surface area contributed by atoms with E-state index in [-0.39, 0.29) is 6.61 Å². The summed E-state index contributed by atoms with van der Waals surface area (Å²) in [5, 5.41) is 8.80. The second-order valence-corrected chi connectivity index (χ2v) is 2.18. The molecule has 0 spiro atoms. The predicted molar refractivity (Wildman–Crippen MR) is 37.9 cm³/mol. The van der Waals surface area contributed by atoms with Gasteiger partial charge in [0.15, 0.2) is 5.78 Å². The van der Waals surface area contributed by atoms with Gasteiger partial charge in [0.1, 0.15) is 0 Å². The second kappa shape index (κ2) is 4.85. The van der Waals surface area contributed by atoms with E-state index in [0.29, 0.717) is 6.42 Å². The van der Waals surface area contributed by atoms with Gasteiger partial charge < -0.3 is 9.84 Å². The molecule has 1 unspecified atom stereocenters. The zero-order valence-electron chi connectivity index (χ0n) is 6.66. The molecule has 64 valence electrons. The Morgan fingerprint density at radius 2 is 2.09 bits per heavy atom. The van der Waals surface area contributed by atoms with Crippen LogP contribution in [0.4, 0.5) is 0 Å². The average molecular weight is 160 g/mol. The largest absolute Gasteiger partial charge is 0.463 e. The van der Waals surface area contributed by atoms with Gasteiger partial charge in [0, 0.05) is 0 Å². The van der Waals surface area contributed by atoms with Gasteiger partial charge in [-0.1, -0.05) is 6.92 Å². The molecule has 0 aromatic carbocycles. The van der Waals surface area contributed by atoms with Gasteiger partial charge in [-0.25, -0.2) is 4.79 Å². The highest BCUT2D eigenvalue weighted by Gasteiger charge is 2.20. The van der Waals surface area contributed by atoms with Crippen molar-refractivity contribution in [1.29, 1.82) is 0 Å². The number of ether oxygens (including phenoxy) is 1. The smallest absolute Gasteiger partial charge is 0.342 e. The first kappa shape index (κ1) is 10.1. The van der Waals surface area contributed by atoms with Gasteiger partial charge in [-0.3, -0.25) is 4.79 Å². The first-order valence-electron chi connectivity index (χ1n) is 3.44. The lowest BCUT2D eigenvalue weighted by Crippen LogP contribution is -2.29. The maximum absolute atomic E-state index is 10.7. The van der Waals surface area contributed by atoms with Crippen LogP contribution in [0.3, 0.4) is 0 Å². The molecule has 0 aliphatic heterocycles. The third-order valence-electron chi connectivity index (χ3n) is 1.06. The Hall–Kier alpha value is -0.900. The fraction of sp³-hybridized carbons (Fsp3) is 0.714. The normalized spacial score (nSPS) is 12.3. The number of esters is 1. The number of aliphatic hydroxyl groups excluding tert-OH is 1. The Morgan fingerprint density at radius 1 is 1.55 bits per heavy atom. The predicted octanol–water partition coefficient (Wildman–Crippen LogP) is -0.111. The number of aliphatic hydroxyl groups is 1. The molecule has 1 atom stereocenters. The van der Waals surface area contributed by atoms with E-state index >= 15 is 0 Å². The summed E-state index contributed by atoms with van der Waals surface area (Å²) in [6.45, 7) is 3.20. The third-order valence-corrected chi connectivity index (χ3v) is 1.06. The molecule has 4 nitrogen and oxygen atoms in total. The van der Waals surface area contributed by atoms with Crippen LogP contribution < -0.4 is 0 Å². The van der Waals surface area contributed by atoms with E-state index in [1.165, 1.54) is 0 Å². The van der Waals surface area contributed by atoms with E-state index in [1.54, 1.807) is 0 Å². The monoisotopic (exact) mass is 160 g/mol. The molecule has 0 aliphatic rings. The summed E-state index contributed by atoms with van der Waals surface area (Å²) in [6, 6.07) is 0. The Kier molecular flexibility index (Phi) is 4.45. The van der Waals surface area contributed by atoms with Gasteiger partial charge in [-0.2, -0.15) is 0 Å². The minimum Gasteiger partial charge on any atom is -0.463 e. The zero-order valence-corrected chi connectivity index (χ0v) is 6.66. The SMILES string of the molecule is CCCOC(=O)C(O)C(C)=O. The van der Waals surface area contributed by atoms with Crippen LogP contribution in [0.25, 0.3) is 0 Å². The van der Waals surface area contributed by atoms with E-state index in [9.17, 15) is 9.59 Å². The van der Waals surface area contributed by atoms with Crippen LogP contribution in [0.2, 0.25) is 0 Å². The molecule has 0 rings (SSSR count). The average Bonchev–Trinajstić information content (AvgIpc) is 1.98. The first-order chi connectivity index (χ1) is 5.09. The summed E-state index contributed by atoms with van der Waals surface area (Å²) in [5.41, 5.74) is 0. The van der Waals surface area contributed by atoms with Crippen LogP contribution in [0.1, 0.15) is 20.3 Å². The first-order valence-corrected chi connectivity index (χ1v) is 3.44. The number of ketones is 1. The topological polar surface area (TPSA) is 63.6 Å². The molecule has 0 radical (unpaired) electrons. The van der Waals surface area contributed by atoms with Gasteiger partial charge in [0.05, 0.1) is 6.61 Å². The van der Waals surface area contributed by atoms with Crippen LogP contribution in [0.5, 0.6) is 0 Å². The highest BCUT2D eigenvalue weighted by molar-refractivity contribution is 6.00. The van der Waals surface area contributed by atoms with Gasteiger partial charge in [-0.15, -0.1) is 0 Å². The lowest BCUT2D eigenvalue weighted by Gasteiger charge is -2.05. The highest BCUT2D eigenvalue weighted by atomic mass is 16.5. The summed E-state index contributed by atoms with van der Waals surface area (Å²) in [6.07, 6.45) is -0.933. The number of hydrogen-bond donors (Lipinski definition) is 1. The molecule has 0 aromatic rings. The van der Waals surface area contributed by atoms with Crippen molar-refractivity contribution < 1.29 is 19.4 Å². The number of carbonyl (C=O) groups excluding carboxylic acids is 2. The van der Waals surface area contributed by atoms with Crippen molar-refractivity contribution in [3.8, 4) is 0 Å². The van der Waals surface area contributed by atoms with Crippen molar-refractivity contribution in [3.63, 3.8) is 0 Å². The van der Waals surface area contributed by atoms with E-state index < -0.39 is 17.9 Å². The van der Waals surface area contributed by atoms with Gasteiger partial charge >= 0.3 is 5.97 Å². The van der Waals surface area contributed by atoms with Gasteiger partial charge in [0.25, 0.3) is 0 Å². The molecule has 0 fully saturated rings. The van der Waals surface area contributed by atoms with Crippen molar-refractivity contribution in [2.45, 2.75) is 26.4 Å². The van der Waals surface area contributed by atoms with Crippen LogP contribution in [-0.4, -0.2) is 29.6 Å². The minimum atomic E-state index is -1.61. The molecular formula is C7H12O4. The summed E-state index contributed by atoms with van der Waals surface area (Å²) in [5.74, 6) is -1.45. The fourth-order valence-corrected chi connectivity index (χ4v) is 0.448. The van der Waals surface area contributed by atoms with Crippen LogP contribution in [0.15, 0.2) is 0 Å². The molecule has 0 aliphatic carbocycles. The fourth-order valence-electron chi connectivity index (χ4n) is 0.448. The maximum atomic E-state index is 10.7. The Bertz CT molecular complexity index is 153. The molecule has 1 N–H and O–H groups in total. The van der Waals surface area contributed by atoms with Crippen molar-refractivity contribution in [3.05, 3.63) is 0 Å². The summed E-state index contributed by atoms with van der Waals surface area (Å²) < 4.78 is 4.50. The van der Waals surface area contributed by atoms with Crippen molar-refractivity contribution in [2.24, 2.45) is 0 Å². The van der Waals surface area contributed by atoms with Crippen molar-refractivity contribution in [1.82, 2.24) is 0 Å². The van der Waals surface area contributed by atoms with E-state index in [0.717, 1.165) is 6.92 Å². The van der Waals surface area contributed by atoms with Crippen LogP contribution in [0, 0.1) is 0 Å². The van der Waals surface area contributed by atoms with E-state index in [1.807, 2.05) is 6.92 Å². The molecule has 11 heavy (non-hydrogen) atoms. The van der Waals surface area contributed by atoms with Crippen molar-refractivity contribution in [2.75, 3.05) is 6.61 Å². The maximum Gasteiger partial charge on any atom is 0.342 e. The summed E-state index contributed by atoms with van der Waals surface area (Å²) in [4.78, 5) is 21.0. The Balaban J connectivity index is 3.74. The van der Waals surface area contributed by atoms with Crippen LogP contribution in [-0.2, 0) is 14.3 Å². The van der Waals surface area contributed by atoms with E-state index in [2.05, 4.69) is 4.74 Å². The van der Waals surface area contributed by atoms with Gasteiger partial charge in [-0.05, 0) is 13.3 Å². The molecule has 0 saturated heterocycles. The molecular weight excluding hydrogens is 148 g/mol. The second-order valence-electron chi connectivity index (χ2n) is 2.18. The molecule has 0 saturated carbocycles. The lowest BCUT2D eigenvalue weighted by molar-refractivity contribution is -0.157. The van der Waals surface area contributed by atoms with E-state index in [4.69, 9.17) is 5.11 Å². The number of Topliss-reactive ketones (excluding diaryl/α,β-unsaturated/α-hetero) is 1. The van der Waals surface area contributed by atoms with Crippen molar-refractivity contribution >= 4 is 11.8 Å². The number of rotatable bonds is 4. The molecule has 0 heterocycles. The minimum absolute atomic E-state index is 0.239. The lowest BCUT2D eigenvalue weighted by atomic mass is 10.3. The summed E-state index contributed by atoms with van der Waals surface area (Å²) in [7, 11) is 0. The number of carbonyl (C=O) groups is 2. The molecule has 0 aromatic heterocycles. The summed E-state index contributed by atoms with van der Waals surface area (Å²) >= 11 is 0. The van der Waals surface area contributed by atoms with Gasteiger partial charge in [0.2, 0.25) is 6.10 Å². The quantitative estimate of drug-likeness (QED) is 0.460.